The van der Waals surface area contributed by atoms with Crippen LogP contribution >= 0.6 is 11.6 Å². The molecule has 284 valence electrons. The van der Waals surface area contributed by atoms with Gasteiger partial charge in [0.05, 0.1) is 25.4 Å². The van der Waals surface area contributed by atoms with Gasteiger partial charge in [-0.15, -0.1) is 0 Å². The van der Waals surface area contributed by atoms with E-state index in [9.17, 15) is 18.8 Å². The number of hydrogen-bond acceptors (Lipinski definition) is 9. The lowest BCUT2D eigenvalue weighted by molar-refractivity contribution is -0.137. The van der Waals surface area contributed by atoms with E-state index in [0.29, 0.717) is 45.8 Å². The molecule has 3 saturated heterocycles. The zero-order valence-corrected chi connectivity index (χ0v) is 30.5. The second-order valence-electron chi connectivity index (χ2n) is 13.8. The van der Waals surface area contributed by atoms with E-state index in [-0.39, 0.29) is 67.0 Å². The van der Waals surface area contributed by atoms with Crippen LogP contribution in [0.1, 0.15) is 23.7 Å². The van der Waals surface area contributed by atoms with E-state index in [1.165, 1.54) is 13.0 Å². The van der Waals surface area contributed by atoms with Crippen molar-refractivity contribution in [2.75, 3.05) is 32.2 Å². The molecule has 55 heavy (non-hydrogen) atoms. The predicted octanol–water partition coefficient (Wildman–Crippen LogP) is 5.90. The van der Waals surface area contributed by atoms with Gasteiger partial charge in [0.25, 0.3) is 0 Å². The molecule has 0 radical (unpaired) electrons. The first-order chi connectivity index (χ1) is 26.6. The fourth-order valence-electron chi connectivity index (χ4n) is 7.56. The topological polar surface area (TPSA) is 134 Å². The number of methoxy groups -OCH3 is 1. The molecule has 0 saturated carbocycles. The first-order valence-electron chi connectivity index (χ1n) is 17.8. The van der Waals surface area contributed by atoms with Crippen LogP contribution in [0.25, 0.3) is 33.2 Å². The van der Waals surface area contributed by atoms with Gasteiger partial charge in [0.15, 0.2) is 17.7 Å². The molecule has 2 amide bonds. The number of halogens is 3. The van der Waals surface area contributed by atoms with Crippen LogP contribution in [0, 0.1) is 5.82 Å². The van der Waals surface area contributed by atoms with Gasteiger partial charge < -0.3 is 33.7 Å². The second kappa shape index (κ2) is 15.1. The van der Waals surface area contributed by atoms with Gasteiger partial charge in [-0.1, -0.05) is 48.0 Å². The molecule has 1 N–H and O–H groups in total. The summed E-state index contributed by atoms with van der Waals surface area (Å²) in [5, 5.41) is 3.48. The number of carbonyl (C=O) groups excluding carboxylic acids is 3. The summed E-state index contributed by atoms with van der Waals surface area (Å²) < 4.78 is 55.1. The van der Waals surface area contributed by atoms with Crippen LogP contribution in [0.5, 0.6) is 6.01 Å². The normalized spacial score (nSPS) is 23.3. The number of aromatic nitrogens is 3. The average molecular weight is 772 g/mol. The molecule has 8 rings (SSSR count). The van der Waals surface area contributed by atoms with E-state index in [1.807, 2.05) is 12.1 Å². The number of alkyl halides is 1. The molecule has 0 spiro atoms. The molecule has 3 aliphatic heterocycles. The Balaban J connectivity index is 0.978. The second-order valence-corrected chi connectivity index (χ2v) is 14.2. The highest BCUT2D eigenvalue weighted by Gasteiger charge is 2.49. The summed E-state index contributed by atoms with van der Waals surface area (Å²) in [6.07, 6.45) is 2.07. The molecule has 3 fully saturated rings. The number of nitrogens with zero attached hydrogens (tertiary/aromatic N) is 4. The molecule has 5 heterocycles. The number of ketones is 1. The van der Waals surface area contributed by atoms with Gasteiger partial charge in [0, 0.05) is 70.3 Å². The Labute approximate surface area is 319 Å². The number of nitrogens with one attached hydrogen (secondary N) is 1. The fourth-order valence-corrected chi connectivity index (χ4v) is 7.80. The van der Waals surface area contributed by atoms with Crippen molar-refractivity contribution in [1.82, 2.24) is 19.4 Å². The quantitative estimate of drug-likeness (QED) is 0.172. The van der Waals surface area contributed by atoms with Crippen LogP contribution in [-0.2, 0) is 30.3 Å². The molecule has 6 atom stereocenters. The number of anilines is 1. The van der Waals surface area contributed by atoms with Crippen LogP contribution in [0.15, 0.2) is 79.3 Å². The van der Waals surface area contributed by atoms with Gasteiger partial charge in [0.1, 0.15) is 37.1 Å². The molecule has 5 aromatic rings. The number of hydrogen-bond donors (Lipinski definition) is 1. The maximum atomic E-state index is 15.6. The van der Waals surface area contributed by atoms with Crippen molar-refractivity contribution in [2.24, 2.45) is 0 Å². The molecule has 3 aliphatic rings. The SMILES string of the molecule is CO[C@@H]1CO[C@H]2[C@@H]1OC[C@H]2Oc1ncc(-c2ccc3c(c2)c(C(C)=O)cn3CC(=O)N2C[C@H](F)C[C@H]2C(=O)Nc2cccc(-c3ccccc3Cl)c2F)cn1. The first kappa shape index (κ1) is 36.7. The lowest BCUT2D eigenvalue weighted by Crippen LogP contribution is -2.44. The summed E-state index contributed by atoms with van der Waals surface area (Å²) in [5.74, 6) is -2.19. The molecular weight excluding hydrogens is 736 g/mol. The summed E-state index contributed by atoms with van der Waals surface area (Å²) in [7, 11) is 1.62. The molecule has 12 nitrogen and oxygen atoms in total. The minimum atomic E-state index is -1.46. The van der Waals surface area contributed by atoms with Crippen molar-refractivity contribution in [1.29, 1.82) is 0 Å². The Bertz CT molecular complexity index is 2290. The Kier molecular flexibility index (Phi) is 10.1. The highest BCUT2D eigenvalue weighted by molar-refractivity contribution is 6.33. The fraction of sp³-hybridized carbons (Fsp3) is 0.325. The van der Waals surface area contributed by atoms with Crippen molar-refractivity contribution in [3.05, 3.63) is 95.7 Å². The molecule has 3 aromatic carbocycles. The van der Waals surface area contributed by atoms with E-state index in [4.69, 9.17) is 30.5 Å². The van der Waals surface area contributed by atoms with Gasteiger partial charge in [-0.2, -0.15) is 0 Å². The first-order valence-corrected chi connectivity index (χ1v) is 18.1. The van der Waals surface area contributed by atoms with Crippen molar-refractivity contribution < 1.29 is 42.1 Å². The highest BCUT2D eigenvalue weighted by Crippen LogP contribution is 2.35. The number of likely N-dealkylation sites (tertiary alicyclic amines) is 1. The number of amides is 2. The van der Waals surface area contributed by atoms with Crippen LogP contribution < -0.4 is 10.1 Å². The molecule has 0 aliphatic carbocycles. The third-order valence-electron chi connectivity index (χ3n) is 10.3. The largest absolute Gasteiger partial charge is 0.455 e. The summed E-state index contributed by atoms with van der Waals surface area (Å²) in [5.41, 5.74) is 2.85. The minimum Gasteiger partial charge on any atom is -0.455 e. The Hall–Kier alpha value is -5.28. The van der Waals surface area contributed by atoms with Gasteiger partial charge in [-0.05, 0) is 36.8 Å². The third-order valence-corrected chi connectivity index (χ3v) is 10.7. The van der Waals surface area contributed by atoms with E-state index in [1.54, 1.807) is 72.7 Å². The maximum absolute atomic E-state index is 15.6. The van der Waals surface area contributed by atoms with Gasteiger partial charge in [0.2, 0.25) is 11.8 Å². The number of ether oxygens (including phenoxy) is 4. The van der Waals surface area contributed by atoms with Crippen molar-refractivity contribution in [2.45, 2.75) is 56.5 Å². The molecular formula is C40H36ClF2N5O7. The van der Waals surface area contributed by atoms with Gasteiger partial charge >= 0.3 is 6.01 Å². The number of carbonyl (C=O) groups is 3. The molecule has 0 unspecified atom stereocenters. The maximum Gasteiger partial charge on any atom is 0.316 e. The summed E-state index contributed by atoms with van der Waals surface area (Å²) >= 11 is 6.29. The number of rotatable bonds is 10. The van der Waals surface area contributed by atoms with Crippen LogP contribution in [-0.4, -0.2) is 101 Å². The van der Waals surface area contributed by atoms with E-state index in [2.05, 4.69) is 15.3 Å². The Morgan fingerprint density at radius 1 is 0.964 bits per heavy atom. The third kappa shape index (κ3) is 7.06. The van der Waals surface area contributed by atoms with Crippen molar-refractivity contribution in [3.63, 3.8) is 0 Å². The molecule has 15 heteroatoms. The van der Waals surface area contributed by atoms with Gasteiger partial charge in [-0.3, -0.25) is 14.4 Å². The van der Waals surface area contributed by atoms with E-state index >= 15 is 4.39 Å². The number of Topliss-reactive ketones (excluding diaryl/α,β-unsaturated/α-hetero) is 1. The smallest absolute Gasteiger partial charge is 0.316 e. The van der Waals surface area contributed by atoms with Crippen LogP contribution in [0.2, 0.25) is 5.02 Å². The minimum absolute atomic E-state index is 0.121. The van der Waals surface area contributed by atoms with Crippen molar-refractivity contribution >= 4 is 45.8 Å². The zero-order valence-electron chi connectivity index (χ0n) is 29.8. The van der Waals surface area contributed by atoms with E-state index < -0.39 is 29.8 Å². The monoisotopic (exact) mass is 771 g/mol. The number of benzene rings is 3. The lowest BCUT2D eigenvalue weighted by Gasteiger charge is -2.24. The standard InChI is InChI=1S/C40H36ClF2N5O7/c1-21(49)28-17-47(31-11-10-22(12-27(28)31)23-14-44-40(45-15-23)55-34-20-54-37-33(52-2)19-53-38(34)37)18-35(50)48-16-24(42)13-32(48)39(51)46-30-9-5-7-26(36(30)43)25-6-3-4-8-29(25)41/h3-12,14-15,17,24,32-34,37-38H,13,16,18-20H2,1-2H3,(H,46,51)/t24-,32+,33-,34-,37-,38-/m1/s1. The van der Waals surface area contributed by atoms with Gasteiger partial charge in [-0.25, -0.2) is 18.7 Å². The molecule has 0 bridgehead atoms. The Morgan fingerprint density at radius 2 is 1.69 bits per heavy atom. The summed E-state index contributed by atoms with van der Waals surface area (Å²) in [6.45, 7) is 1.59. The summed E-state index contributed by atoms with van der Waals surface area (Å²) in [6, 6.07) is 15.6. The van der Waals surface area contributed by atoms with Crippen molar-refractivity contribution in [3.8, 4) is 28.3 Å². The van der Waals surface area contributed by atoms with Crippen LogP contribution in [0.3, 0.4) is 0 Å². The predicted molar refractivity (Wildman–Crippen MR) is 198 cm³/mol. The highest BCUT2D eigenvalue weighted by atomic mass is 35.5. The zero-order chi connectivity index (χ0) is 38.4. The van der Waals surface area contributed by atoms with E-state index in [0.717, 1.165) is 10.5 Å². The Morgan fingerprint density at radius 3 is 2.44 bits per heavy atom. The van der Waals surface area contributed by atoms with Crippen LogP contribution in [0.4, 0.5) is 14.5 Å². The molecule has 2 aromatic heterocycles. The number of fused-ring (bicyclic) bond motifs is 2. The summed E-state index contributed by atoms with van der Waals surface area (Å²) in [4.78, 5) is 50.0. The average Bonchev–Trinajstić information content (AvgIpc) is 3.97. The lowest BCUT2D eigenvalue weighted by atomic mass is 10.0.